The van der Waals surface area contributed by atoms with Gasteiger partial charge in [0, 0.05) is 5.69 Å². The number of para-hydroxylation sites is 1. The van der Waals surface area contributed by atoms with Gasteiger partial charge in [-0.2, -0.15) is 5.26 Å². The van der Waals surface area contributed by atoms with E-state index in [9.17, 15) is 9.70 Å². The smallest absolute Gasteiger partial charge is 0.267 e. The van der Waals surface area contributed by atoms with Gasteiger partial charge in [-0.05, 0) is 29.8 Å². The molecule has 1 heterocycles. The molecule has 0 saturated heterocycles. The number of anilines is 2. The summed E-state index contributed by atoms with van der Waals surface area (Å²) in [7, 11) is 0. The van der Waals surface area contributed by atoms with Crippen molar-refractivity contribution >= 4 is 17.2 Å². The van der Waals surface area contributed by atoms with Crippen molar-refractivity contribution in [2.24, 2.45) is 5.18 Å². The van der Waals surface area contributed by atoms with Crippen LogP contribution in [0.25, 0.3) is 0 Å². The molecule has 0 amide bonds. The van der Waals surface area contributed by atoms with E-state index in [1.54, 1.807) is 6.07 Å². The molecule has 0 bridgehead atoms. The molecule has 2 rings (SSSR count). The van der Waals surface area contributed by atoms with Gasteiger partial charge in [0.1, 0.15) is 11.6 Å². The highest BCUT2D eigenvalue weighted by atomic mass is 16.3. The number of nitroso groups, excluding NO2 is 1. The summed E-state index contributed by atoms with van der Waals surface area (Å²) in [5.41, 5.74) is 11.2. The number of rotatable bonds is 1. The molecule has 1 aromatic carbocycles. The molecule has 0 aliphatic heterocycles. The Morgan fingerprint density at radius 1 is 1.25 bits per heavy atom. The number of hydrogen-bond donors (Lipinski definition) is 3. The first kappa shape index (κ1) is 14.9. The Balaban J connectivity index is 0.000000240. The highest BCUT2D eigenvalue weighted by molar-refractivity contribution is 5.65. The van der Waals surface area contributed by atoms with E-state index in [0.717, 1.165) is 5.69 Å². The Morgan fingerprint density at radius 3 is 2.25 bits per heavy atom. The fourth-order valence-corrected chi connectivity index (χ4v) is 1.38. The predicted octanol–water partition coefficient (Wildman–Crippen LogP) is 1.80. The molecule has 0 aliphatic carbocycles. The van der Waals surface area contributed by atoms with Gasteiger partial charge in [-0.15, -0.1) is 4.91 Å². The Bertz CT molecular complexity index is 701. The number of nitriles is 1. The lowest BCUT2D eigenvalue weighted by Gasteiger charge is -2.01. The van der Waals surface area contributed by atoms with Crippen molar-refractivity contribution in [3.05, 3.63) is 56.7 Å². The molecule has 20 heavy (non-hydrogen) atoms. The van der Waals surface area contributed by atoms with E-state index in [-0.39, 0.29) is 22.6 Å². The van der Waals surface area contributed by atoms with Gasteiger partial charge in [-0.3, -0.25) is 4.79 Å². The molecule has 0 fully saturated rings. The predicted molar refractivity (Wildman–Crippen MR) is 77.2 cm³/mol. The molecule has 2 aromatic rings. The standard InChI is InChI=1S/C7H6N4O2.C6H7N/c1-3-4(2-8)7(12)10-6(11-13)5(3)9;7-6-4-2-1-3-5-6/h9H2,1H3,(H,10,12);1-5H,7H2. The second kappa shape index (κ2) is 6.70. The number of nitrogens with one attached hydrogen (secondary N) is 1. The number of H-pyrrole nitrogens is 1. The number of nitrogens with two attached hydrogens (primary N) is 2. The summed E-state index contributed by atoms with van der Waals surface area (Å²) in [6.07, 6.45) is 0. The third-order valence-corrected chi connectivity index (χ3v) is 2.50. The summed E-state index contributed by atoms with van der Waals surface area (Å²) in [5.74, 6) is -0.235. The fraction of sp³-hybridized carbons (Fsp3) is 0.0769. The van der Waals surface area contributed by atoms with Crippen LogP contribution >= 0.6 is 0 Å². The number of hydrogen-bond acceptors (Lipinski definition) is 6. The van der Waals surface area contributed by atoms with Gasteiger partial charge in [0.2, 0.25) is 5.82 Å². The minimum absolute atomic E-state index is 0.0335. The van der Waals surface area contributed by atoms with Crippen LogP contribution in [0.3, 0.4) is 0 Å². The summed E-state index contributed by atoms with van der Waals surface area (Å²) in [6, 6.07) is 11.2. The third-order valence-electron chi connectivity index (χ3n) is 2.50. The van der Waals surface area contributed by atoms with Crippen LogP contribution in [0.1, 0.15) is 11.1 Å². The van der Waals surface area contributed by atoms with Crippen molar-refractivity contribution in [3.8, 4) is 6.07 Å². The fourth-order valence-electron chi connectivity index (χ4n) is 1.38. The Labute approximate surface area is 114 Å². The normalized spacial score (nSPS) is 9.00. The van der Waals surface area contributed by atoms with Gasteiger partial charge in [-0.1, -0.05) is 18.2 Å². The zero-order valence-corrected chi connectivity index (χ0v) is 10.8. The van der Waals surface area contributed by atoms with Gasteiger partial charge in [-0.25, -0.2) is 0 Å². The van der Waals surface area contributed by atoms with Gasteiger partial charge in [0.05, 0.1) is 5.69 Å². The molecule has 5 N–H and O–H groups in total. The minimum atomic E-state index is -0.649. The van der Waals surface area contributed by atoms with Crippen LogP contribution in [-0.2, 0) is 0 Å². The average molecular weight is 271 g/mol. The first-order valence-corrected chi connectivity index (χ1v) is 5.57. The lowest BCUT2D eigenvalue weighted by atomic mass is 10.1. The molecular weight excluding hydrogens is 258 g/mol. The summed E-state index contributed by atoms with van der Waals surface area (Å²) in [6.45, 7) is 1.48. The van der Waals surface area contributed by atoms with E-state index in [1.807, 2.05) is 30.3 Å². The molecule has 0 saturated carbocycles. The number of nitrogen functional groups attached to an aromatic ring is 2. The zero-order chi connectivity index (χ0) is 15.1. The first-order chi connectivity index (χ1) is 9.51. The van der Waals surface area contributed by atoms with Gasteiger partial charge < -0.3 is 16.5 Å². The number of aromatic nitrogens is 1. The second-order valence-electron chi connectivity index (χ2n) is 3.83. The maximum absolute atomic E-state index is 11.1. The summed E-state index contributed by atoms with van der Waals surface area (Å²) in [4.78, 5) is 23.3. The van der Waals surface area contributed by atoms with Crippen molar-refractivity contribution in [2.45, 2.75) is 6.92 Å². The number of benzene rings is 1. The van der Waals surface area contributed by atoms with E-state index in [4.69, 9.17) is 16.7 Å². The Kier molecular flexibility index (Phi) is 5.00. The molecule has 7 nitrogen and oxygen atoms in total. The molecule has 0 radical (unpaired) electrons. The van der Waals surface area contributed by atoms with Crippen LogP contribution in [0, 0.1) is 23.2 Å². The monoisotopic (exact) mass is 271 g/mol. The molecule has 0 atom stereocenters. The molecule has 0 unspecified atom stereocenters. The number of aromatic amines is 1. The van der Waals surface area contributed by atoms with Crippen molar-refractivity contribution < 1.29 is 0 Å². The lowest BCUT2D eigenvalue weighted by Crippen LogP contribution is -2.13. The second-order valence-corrected chi connectivity index (χ2v) is 3.83. The van der Waals surface area contributed by atoms with Gasteiger partial charge >= 0.3 is 0 Å². The third kappa shape index (κ3) is 3.43. The van der Waals surface area contributed by atoms with Crippen molar-refractivity contribution in [1.29, 1.82) is 5.26 Å². The highest BCUT2D eigenvalue weighted by Gasteiger charge is 2.11. The summed E-state index contributed by atoms with van der Waals surface area (Å²) in [5, 5.41) is 11.1. The molecule has 0 aliphatic rings. The van der Waals surface area contributed by atoms with Crippen molar-refractivity contribution in [1.82, 2.24) is 4.98 Å². The summed E-state index contributed by atoms with van der Waals surface area (Å²) < 4.78 is 0. The maximum atomic E-state index is 11.1. The van der Waals surface area contributed by atoms with Crippen molar-refractivity contribution in [3.63, 3.8) is 0 Å². The van der Waals surface area contributed by atoms with Crippen molar-refractivity contribution in [2.75, 3.05) is 11.5 Å². The molecule has 1 aromatic heterocycles. The van der Waals surface area contributed by atoms with Gasteiger partial charge in [0.25, 0.3) is 5.56 Å². The van der Waals surface area contributed by atoms with E-state index >= 15 is 0 Å². The molecule has 0 spiro atoms. The minimum Gasteiger partial charge on any atom is -0.399 e. The van der Waals surface area contributed by atoms with Crippen LogP contribution in [0.4, 0.5) is 17.2 Å². The maximum Gasteiger partial charge on any atom is 0.267 e. The number of pyridine rings is 1. The first-order valence-electron chi connectivity index (χ1n) is 5.57. The van der Waals surface area contributed by atoms with E-state index in [2.05, 4.69) is 10.2 Å². The topological polar surface area (TPSA) is 138 Å². The average Bonchev–Trinajstić information content (AvgIpc) is 2.45. The van der Waals surface area contributed by atoms with Crippen LogP contribution < -0.4 is 17.0 Å². The highest BCUT2D eigenvalue weighted by Crippen LogP contribution is 2.21. The zero-order valence-electron chi connectivity index (χ0n) is 10.8. The van der Waals surface area contributed by atoms with Gasteiger partial charge in [0.15, 0.2) is 0 Å². The van der Waals surface area contributed by atoms with E-state index in [1.165, 1.54) is 6.92 Å². The van der Waals surface area contributed by atoms with Crippen LogP contribution in [0.2, 0.25) is 0 Å². The molecule has 102 valence electrons. The van der Waals surface area contributed by atoms with Crippen LogP contribution in [-0.4, -0.2) is 4.98 Å². The van der Waals surface area contributed by atoms with E-state index in [0.29, 0.717) is 0 Å². The number of nitrogens with zero attached hydrogens (tertiary/aromatic N) is 2. The quantitative estimate of drug-likeness (QED) is 0.536. The van der Waals surface area contributed by atoms with E-state index < -0.39 is 5.56 Å². The SMILES string of the molecule is Cc1c(N)c(N=O)[nH]c(=O)c1C#N.Nc1ccccc1. The lowest BCUT2D eigenvalue weighted by molar-refractivity contribution is 1.16. The Hall–Kier alpha value is -3.14. The molecule has 7 heteroatoms. The van der Waals surface area contributed by atoms with Crippen LogP contribution in [0.5, 0.6) is 0 Å². The molecular formula is C13H13N5O2. The largest absolute Gasteiger partial charge is 0.399 e. The van der Waals surface area contributed by atoms with Crippen LogP contribution in [0.15, 0.2) is 40.3 Å². The Morgan fingerprint density at radius 2 is 1.85 bits per heavy atom. The summed E-state index contributed by atoms with van der Waals surface area (Å²) >= 11 is 0.